The lowest BCUT2D eigenvalue weighted by molar-refractivity contribution is -0.562. The van der Waals surface area contributed by atoms with Gasteiger partial charge in [-0.3, -0.25) is 14.9 Å². The number of hydrogen-bond donors (Lipinski definition) is 0. The van der Waals surface area contributed by atoms with Gasteiger partial charge in [-0.1, -0.05) is 19.6 Å². The third-order valence-corrected chi connectivity index (χ3v) is 2.05. The highest BCUT2D eigenvalue weighted by atomic mass is 16.6. The van der Waals surface area contributed by atoms with E-state index in [1.165, 1.54) is 19.9 Å². The molecule has 0 heterocycles. The van der Waals surface area contributed by atoms with Crippen LogP contribution in [0.1, 0.15) is 27.2 Å². The molecule has 0 fully saturated rings. The third kappa shape index (κ3) is 4.58. The van der Waals surface area contributed by atoms with E-state index >= 15 is 0 Å². The number of hydrogen-bond acceptors (Lipinski definition) is 4. The van der Waals surface area contributed by atoms with E-state index in [1.54, 1.807) is 6.92 Å². The van der Waals surface area contributed by atoms with Gasteiger partial charge in [-0.15, -0.1) is 0 Å². The average molecular weight is 215 g/mol. The summed E-state index contributed by atoms with van der Waals surface area (Å²) in [6, 6.07) is 0. The van der Waals surface area contributed by atoms with Gasteiger partial charge < -0.3 is 4.74 Å². The van der Waals surface area contributed by atoms with Crippen LogP contribution in [0, 0.1) is 16.0 Å². The highest BCUT2D eigenvalue weighted by molar-refractivity contribution is 5.72. The second-order valence-corrected chi connectivity index (χ2v) is 4.09. The molecular formula is C10H17NO4. The zero-order valence-electron chi connectivity index (χ0n) is 9.36. The molecule has 1 atom stereocenters. The lowest BCUT2D eigenvalue weighted by atomic mass is 9.92. The van der Waals surface area contributed by atoms with Gasteiger partial charge in [-0.05, 0) is 0 Å². The molecule has 0 N–H and O–H groups in total. The van der Waals surface area contributed by atoms with Crippen molar-refractivity contribution >= 4 is 5.97 Å². The summed E-state index contributed by atoms with van der Waals surface area (Å²) in [6.45, 7) is 8.15. The maximum Gasteiger partial charge on any atom is 0.309 e. The first kappa shape index (κ1) is 13.6. The summed E-state index contributed by atoms with van der Waals surface area (Å²) in [6.07, 6.45) is 1.62. The zero-order chi connectivity index (χ0) is 12.1. The van der Waals surface area contributed by atoms with Crippen molar-refractivity contribution in [1.29, 1.82) is 0 Å². The predicted molar refractivity (Wildman–Crippen MR) is 56.0 cm³/mol. The Labute approximate surface area is 89.3 Å². The zero-order valence-corrected chi connectivity index (χ0v) is 9.36. The van der Waals surface area contributed by atoms with Crippen molar-refractivity contribution in [2.24, 2.45) is 5.92 Å². The summed E-state index contributed by atoms with van der Waals surface area (Å²) in [5.41, 5.74) is -1.10. The van der Waals surface area contributed by atoms with Crippen molar-refractivity contribution in [2.45, 2.75) is 32.7 Å². The van der Waals surface area contributed by atoms with E-state index in [-0.39, 0.29) is 18.0 Å². The van der Waals surface area contributed by atoms with Crippen LogP contribution < -0.4 is 0 Å². The standard InChI is InChI=1S/C10H17NO4/c1-5-6-15-9(12)8(2)7-10(3,4)11(13)14/h5,8H,1,6-7H2,2-4H3/t8-/m0/s1. The van der Waals surface area contributed by atoms with Crippen LogP contribution in [0.4, 0.5) is 0 Å². The number of carbonyl (C=O) groups is 1. The number of esters is 1. The highest BCUT2D eigenvalue weighted by Crippen LogP contribution is 2.20. The number of nitrogens with zero attached hydrogens (tertiary/aromatic N) is 1. The van der Waals surface area contributed by atoms with Crippen molar-refractivity contribution in [3.63, 3.8) is 0 Å². The molecule has 0 spiro atoms. The largest absolute Gasteiger partial charge is 0.461 e. The Morgan fingerprint density at radius 1 is 1.67 bits per heavy atom. The Kier molecular flexibility index (Phi) is 4.97. The normalized spacial score (nSPS) is 13.0. The summed E-state index contributed by atoms with van der Waals surface area (Å²) < 4.78 is 4.80. The molecule has 0 aromatic rings. The van der Waals surface area contributed by atoms with E-state index in [1.807, 2.05) is 0 Å². The van der Waals surface area contributed by atoms with Gasteiger partial charge in [-0.2, -0.15) is 0 Å². The molecule has 0 unspecified atom stereocenters. The molecule has 0 saturated carbocycles. The lowest BCUT2D eigenvalue weighted by Crippen LogP contribution is -2.35. The summed E-state index contributed by atoms with van der Waals surface area (Å²) in [5.74, 6) is -0.907. The smallest absolute Gasteiger partial charge is 0.309 e. The Bertz CT molecular complexity index is 260. The quantitative estimate of drug-likeness (QED) is 0.293. The number of carbonyl (C=O) groups excluding carboxylic acids is 1. The molecule has 86 valence electrons. The molecule has 0 aliphatic heterocycles. The van der Waals surface area contributed by atoms with E-state index in [4.69, 9.17) is 4.74 Å². The maximum absolute atomic E-state index is 11.3. The van der Waals surface area contributed by atoms with Crippen molar-refractivity contribution in [3.8, 4) is 0 Å². The van der Waals surface area contributed by atoms with Gasteiger partial charge in [0.1, 0.15) is 6.61 Å². The van der Waals surface area contributed by atoms with E-state index in [2.05, 4.69) is 6.58 Å². The van der Waals surface area contributed by atoms with Crippen molar-refractivity contribution < 1.29 is 14.5 Å². The highest BCUT2D eigenvalue weighted by Gasteiger charge is 2.35. The Morgan fingerprint density at radius 3 is 2.60 bits per heavy atom. The third-order valence-electron chi connectivity index (χ3n) is 2.05. The van der Waals surface area contributed by atoms with Crippen molar-refractivity contribution in [1.82, 2.24) is 0 Å². The lowest BCUT2D eigenvalue weighted by Gasteiger charge is -2.18. The van der Waals surface area contributed by atoms with E-state index in [9.17, 15) is 14.9 Å². The van der Waals surface area contributed by atoms with Crippen LogP contribution in [-0.2, 0) is 9.53 Å². The van der Waals surface area contributed by atoms with Crippen LogP contribution in [-0.4, -0.2) is 23.0 Å². The maximum atomic E-state index is 11.3. The van der Waals surface area contributed by atoms with E-state index in [0.717, 1.165) is 0 Å². The molecule has 0 bridgehead atoms. The molecule has 0 radical (unpaired) electrons. The second kappa shape index (κ2) is 5.48. The Balaban J connectivity index is 4.23. The first-order chi connectivity index (χ1) is 6.81. The van der Waals surface area contributed by atoms with Crippen LogP contribution in [0.25, 0.3) is 0 Å². The SMILES string of the molecule is C=CCOC(=O)[C@@H](C)CC(C)(C)[N+](=O)[O-]. The first-order valence-electron chi connectivity index (χ1n) is 4.73. The monoisotopic (exact) mass is 215 g/mol. The van der Waals surface area contributed by atoms with Gasteiger partial charge in [0, 0.05) is 25.2 Å². The van der Waals surface area contributed by atoms with Gasteiger partial charge in [-0.25, -0.2) is 0 Å². The minimum atomic E-state index is -1.10. The fraction of sp³-hybridized carbons (Fsp3) is 0.700. The van der Waals surface area contributed by atoms with Gasteiger partial charge in [0.25, 0.3) is 0 Å². The van der Waals surface area contributed by atoms with E-state index < -0.39 is 17.4 Å². The summed E-state index contributed by atoms with van der Waals surface area (Å²) >= 11 is 0. The number of rotatable bonds is 6. The molecule has 0 rings (SSSR count). The van der Waals surface area contributed by atoms with Crippen LogP contribution in [0.15, 0.2) is 12.7 Å². The fourth-order valence-electron chi connectivity index (χ4n) is 1.19. The molecule has 5 heteroatoms. The molecule has 0 amide bonds. The second-order valence-electron chi connectivity index (χ2n) is 4.09. The summed E-state index contributed by atoms with van der Waals surface area (Å²) in [4.78, 5) is 21.6. The Hall–Kier alpha value is -1.39. The molecule has 0 aromatic heterocycles. The first-order valence-corrected chi connectivity index (χ1v) is 4.73. The van der Waals surface area contributed by atoms with Crippen LogP contribution in [0.3, 0.4) is 0 Å². The predicted octanol–water partition coefficient (Wildman–Crippen LogP) is 1.80. The fourth-order valence-corrected chi connectivity index (χ4v) is 1.19. The van der Waals surface area contributed by atoms with Crippen molar-refractivity contribution in [2.75, 3.05) is 6.61 Å². The molecular weight excluding hydrogens is 198 g/mol. The van der Waals surface area contributed by atoms with Gasteiger partial charge in [0.15, 0.2) is 0 Å². The average Bonchev–Trinajstić information content (AvgIpc) is 2.13. The van der Waals surface area contributed by atoms with Crippen LogP contribution in [0.5, 0.6) is 0 Å². The van der Waals surface area contributed by atoms with Crippen LogP contribution >= 0.6 is 0 Å². The van der Waals surface area contributed by atoms with Gasteiger partial charge in [0.05, 0.1) is 5.92 Å². The summed E-state index contributed by atoms with van der Waals surface area (Å²) in [5, 5.41) is 10.6. The minimum absolute atomic E-state index is 0.141. The van der Waals surface area contributed by atoms with Crippen molar-refractivity contribution in [3.05, 3.63) is 22.8 Å². The minimum Gasteiger partial charge on any atom is -0.461 e. The molecule has 0 saturated heterocycles. The number of ether oxygens (including phenoxy) is 1. The Morgan fingerprint density at radius 2 is 2.20 bits per heavy atom. The number of nitro groups is 1. The molecule has 0 aliphatic rings. The van der Waals surface area contributed by atoms with Crippen LogP contribution in [0.2, 0.25) is 0 Å². The molecule has 0 aromatic carbocycles. The van der Waals surface area contributed by atoms with Gasteiger partial charge >= 0.3 is 5.97 Å². The molecule has 5 nitrogen and oxygen atoms in total. The topological polar surface area (TPSA) is 69.4 Å². The summed E-state index contributed by atoms with van der Waals surface area (Å²) in [7, 11) is 0. The van der Waals surface area contributed by atoms with Gasteiger partial charge in [0.2, 0.25) is 5.54 Å². The molecule has 0 aliphatic carbocycles. The molecule has 15 heavy (non-hydrogen) atoms. The van der Waals surface area contributed by atoms with E-state index in [0.29, 0.717) is 0 Å².